The van der Waals surface area contributed by atoms with Crippen molar-refractivity contribution in [3.8, 4) is 5.75 Å². The monoisotopic (exact) mass is 310 g/mol. The van der Waals surface area contributed by atoms with Crippen molar-refractivity contribution in [1.82, 2.24) is 5.32 Å². The highest BCUT2D eigenvalue weighted by molar-refractivity contribution is 5.92. The predicted molar refractivity (Wildman–Crippen MR) is 91.4 cm³/mol. The summed E-state index contributed by atoms with van der Waals surface area (Å²) in [5, 5.41) is 6.28. The Bertz CT molecular complexity index is 620. The summed E-state index contributed by atoms with van der Waals surface area (Å²) in [6.45, 7) is 2.37. The number of hydrogen-bond donors (Lipinski definition) is 2. The Morgan fingerprint density at radius 1 is 1.04 bits per heavy atom. The number of nitrogens with one attached hydrogen (secondary N) is 2. The Balaban J connectivity index is 1.51. The Morgan fingerprint density at radius 3 is 2.43 bits per heavy atom. The van der Waals surface area contributed by atoms with Crippen LogP contribution in [0.1, 0.15) is 18.4 Å². The zero-order chi connectivity index (χ0) is 15.9. The van der Waals surface area contributed by atoms with Crippen LogP contribution in [0.5, 0.6) is 5.75 Å². The summed E-state index contributed by atoms with van der Waals surface area (Å²) in [7, 11) is 0. The first-order chi connectivity index (χ1) is 11.3. The minimum absolute atomic E-state index is 0.123. The van der Waals surface area contributed by atoms with Gasteiger partial charge in [-0.3, -0.25) is 4.79 Å². The molecule has 0 unspecified atom stereocenters. The van der Waals surface area contributed by atoms with Gasteiger partial charge in [-0.1, -0.05) is 30.3 Å². The van der Waals surface area contributed by atoms with Crippen molar-refractivity contribution >= 4 is 11.6 Å². The van der Waals surface area contributed by atoms with Crippen LogP contribution < -0.4 is 15.4 Å². The summed E-state index contributed by atoms with van der Waals surface area (Å²) in [4.78, 5) is 12.2. The number of carbonyl (C=O) groups is 1. The van der Waals surface area contributed by atoms with Gasteiger partial charge in [-0.2, -0.15) is 0 Å². The van der Waals surface area contributed by atoms with Crippen molar-refractivity contribution in [2.45, 2.75) is 19.4 Å². The van der Waals surface area contributed by atoms with Crippen molar-refractivity contribution in [1.29, 1.82) is 0 Å². The second-order valence-electron chi connectivity index (χ2n) is 5.81. The van der Waals surface area contributed by atoms with Gasteiger partial charge in [0.15, 0.2) is 0 Å². The molecule has 0 atom stereocenters. The Hall–Kier alpha value is -2.33. The lowest BCUT2D eigenvalue weighted by Gasteiger charge is -2.21. The second-order valence-corrected chi connectivity index (χ2v) is 5.81. The molecule has 1 heterocycles. The van der Waals surface area contributed by atoms with Gasteiger partial charge in [-0.25, -0.2) is 0 Å². The van der Waals surface area contributed by atoms with Gasteiger partial charge >= 0.3 is 0 Å². The van der Waals surface area contributed by atoms with E-state index in [0.717, 1.165) is 42.9 Å². The topological polar surface area (TPSA) is 50.4 Å². The number of ether oxygens (including phenoxy) is 1. The Morgan fingerprint density at radius 2 is 1.74 bits per heavy atom. The van der Waals surface area contributed by atoms with E-state index in [4.69, 9.17) is 4.74 Å². The predicted octanol–water partition coefficient (Wildman–Crippen LogP) is 3.20. The quantitative estimate of drug-likeness (QED) is 0.891. The van der Waals surface area contributed by atoms with Crippen LogP contribution in [0.2, 0.25) is 0 Å². The zero-order valence-electron chi connectivity index (χ0n) is 13.1. The van der Waals surface area contributed by atoms with E-state index in [1.165, 1.54) is 0 Å². The number of piperidine rings is 1. The lowest BCUT2D eigenvalue weighted by atomic mass is 9.97. The minimum atomic E-state index is 0.123. The molecule has 0 aromatic heterocycles. The number of hydrogen-bond acceptors (Lipinski definition) is 3. The van der Waals surface area contributed by atoms with Crippen LogP contribution in [0.15, 0.2) is 54.6 Å². The summed E-state index contributed by atoms with van der Waals surface area (Å²) in [5.74, 6) is 1.10. The van der Waals surface area contributed by atoms with E-state index in [1.807, 2.05) is 54.6 Å². The van der Waals surface area contributed by atoms with Gasteiger partial charge in [-0.05, 0) is 55.8 Å². The fraction of sp³-hybridized carbons (Fsp3) is 0.316. The lowest BCUT2D eigenvalue weighted by Crippen LogP contribution is -2.34. The molecule has 2 aromatic rings. The molecule has 0 aliphatic carbocycles. The Kier molecular flexibility index (Phi) is 5.27. The normalized spacial score (nSPS) is 15.1. The van der Waals surface area contributed by atoms with E-state index in [-0.39, 0.29) is 11.8 Å². The molecule has 1 aliphatic rings. The van der Waals surface area contributed by atoms with Gasteiger partial charge in [0.1, 0.15) is 12.4 Å². The van der Waals surface area contributed by atoms with Crippen LogP contribution >= 0.6 is 0 Å². The fourth-order valence-electron chi connectivity index (χ4n) is 2.70. The summed E-state index contributed by atoms with van der Waals surface area (Å²) in [6.07, 6.45) is 1.82. The smallest absolute Gasteiger partial charge is 0.227 e. The number of rotatable bonds is 5. The third kappa shape index (κ3) is 4.57. The molecule has 1 fully saturated rings. The average Bonchev–Trinajstić information content (AvgIpc) is 2.63. The van der Waals surface area contributed by atoms with Crippen molar-refractivity contribution in [3.05, 3.63) is 60.2 Å². The molecule has 0 radical (unpaired) electrons. The first-order valence-corrected chi connectivity index (χ1v) is 8.09. The van der Waals surface area contributed by atoms with Gasteiger partial charge in [0, 0.05) is 11.6 Å². The molecule has 0 spiro atoms. The van der Waals surface area contributed by atoms with Crippen molar-refractivity contribution in [2.75, 3.05) is 18.4 Å². The fourth-order valence-corrected chi connectivity index (χ4v) is 2.70. The van der Waals surface area contributed by atoms with Crippen LogP contribution in [-0.4, -0.2) is 19.0 Å². The van der Waals surface area contributed by atoms with Gasteiger partial charge in [0.25, 0.3) is 0 Å². The molecule has 2 aromatic carbocycles. The maximum atomic E-state index is 12.2. The van der Waals surface area contributed by atoms with Crippen molar-refractivity contribution in [2.24, 2.45) is 5.92 Å². The van der Waals surface area contributed by atoms with Crippen LogP contribution in [0, 0.1) is 5.92 Å². The summed E-state index contributed by atoms with van der Waals surface area (Å²) < 4.78 is 5.71. The summed E-state index contributed by atoms with van der Waals surface area (Å²) >= 11 is 0. The molecule has 1 amide bonds. The molecule has 23 heavy (non-hydrogen) atoms. The third-order valence-corrected chi connectivity index (χ3v) is 4.08. The van der Waals surface area contributed by atoms with E-state index >= 15 is 0 Å². The molecule has 4 heteroatoms. The summed E-state index contributed by atoms with van der Waals surface area (Å²) in [6, 6.07) is 17.6. The van der Waals surface area contributed by atoms with Gasteiger partial charge in [0.2, 0.25) is 5.91 Å². The molecule has 0 saturated carbocycles. The number of benzene rings is 2. The van der Waals surface area contributed by atoms with E-state index in [0.29, 0.717) is 6.61 Å². The number of para-hydroxylation sites is 1. The lowest BCUT2D eigenvalue weighted by molar-refractivity contribution is -0.120. The standard InChI is InChI=1S/C19H22N2O2/c22-19(16-10-12-20-13-11-16)21-17-8-6-15(7-9-17)14-23-18-4-2-1-3-5-18/h1-9,16,20H,10-14H2,(H,21,22). The maximum Gasteiger partial charge on any atom is 0.227 e. The van der Waals surface area contributed by atoms with Crippen LogP contribution in [0.3, 0.4) is 0 Å². The highest BCUT2D eigenvalue weighted by Crippen LogP contribution is 2.17. The first-order valence-electron chi connectivity index (χ1n) is 8.09. The largest absolute Gasteiger partial charge is 0.489 e. The first kappa shape index (κ1) is 15.6. The average molecular weight is 310 g/mol. The molecular weight excluding hydrogens is 288 g/mol. The highest BCUT2D eigenvalue weighted by Gasteiger charge is 2.20. The maximum absolute atomic E-state index is 12.2. The molecule has 120 valence electrons. The van der Waals surface area contributed by atoms with Crippen LogP contribution in [0.25, 0.3) is 0 Å². The van der Waals surface area contributed by atoms with Crippen molar-refractivity contribution in [3.63, 3.8) is 0 Å². The molecule has 4 nitrogen and oxygen atoms in total. The second kappa shape index (κ2) is 7.79. The Labute approximate surface area is 136 Å². The van der Waals surface area contributed by atoms with Gasteiger partial charge < -0.3 is 15.4 Å². The molecule has 2 N–H and O–H groups in total. The van der Waals surface area contributed by atoms with Crippen LogP contribution in [-0.2, 0) is 11.4 Å². The third-order valence-electron chi connectivity index (χ3n) is 4.08. The van der Waals surface area contributed by atoms with Crippen molar-refractivity contribution < 1.29 is 9.53 Å². The van der Waals surface area contributed by atoms with Gasteiger partial charge in [-0.15, -0.1) is 0 Å². The van der Waals surface area contributed by atoms with Crippen LogP contribution in [0.4, 0.5) is 5.69 Å². The number of anilines is 1. The highest BCUT2D eigenvalue weighted by atomic mass is 16.5. The summed E-state index contributed by atoms with van der Waals surface area (Å²) in [5.41, 5.74) is 1.92. The molecule has 1 saturated heterocycles. The van der Waals surface area contributed by atoms with Gasteiger partial charge in [0.05, 0.1) is 0 Å². The minimum Gasteiger partial charge on any atom is -0.489 e. The molecule has 1 aliphatic heterocycles. The zero-order valence-corrected chi connectivity index (χ0v) is 13.1. The van der Waals surface area contributed by atoms with E-state index in [9.17, 15) is 4.79 Å². The van der Waals surface area contributed by atoms with E-state index in [1.54, 1.807) is 0 Å². The number of carbonyl (C=O) groups excluding carboxylic acids is 1. The molecular formula is C19H22N2O2. The van der Waals surface area contributed by atoms with E-state index < -0.39 is 0 Å². The molecule has 0 bridgehead atoms. The number of amides is 1. The molecule has 3 rings (SSSR count). The SMILES string of the molecule is O=C(Nc1ccc(COc2ccccc2)cc1)C1CCNCC1. The van der Waals surface area contributed by atoms with E-state index in [2.05, 4.69) is 10.6 Å².